The summed E-state index contributed by atoms with van der Waals surface area (Å²) in [7, 11) is 0. The number of aliphatic hydroxyl groups is 1. The van der Waals surface area contributed by atoms with E-state index in [1.807, 2.05) is 20.8 Å². The van der Waals surface area contributed by atoms with Gasteiger partial charge in [-0.3, -0.25) is 4.79 Å². The molecule has 6 nitrogen and oxygen atoms in total. The first-order chi connectivity index (χ1) is 9.98. The van der Waals surface area contributed by atoms with E-state index < -0.39 is 11.3 Å². The lowest BCUT2D eigenvalue weighted by molar-refractivity contribution is 0.0211. The van der Waals surface area contributed by atoms with Crippen molar-refractivity contribution in [3.63, 3.8) is 0 Å². The molecule has 1 aromatic rings. The number of carbonyl (C=O) groups excluding carboxylic acids is 1. The first kappa shape index (κ1) is 16.7. The Kier molecular flexibility index (Phi) is 4.17. The maximum absolute atomic E-state index is 12.6. The van der Waals surface area contributed by atoms with Crippen LogP contribution in [0.1, 0.15) is 57.2 Å². The van der Waals surface area contributed by atoms with Crippen LogP contribution in [0.3, 0.4) is 0 Å². The fourth-order valence-electron chi connectivity index (χ4n) is 2.65. The van der Waals surface area contributed by atoms with Crippen LogP contribution in [0.25, 0.3) is 0 Å². The minimum absolute atomic E-state index is 0.0422. The largest absolute Gasteiger partial charge is 0.390 e. The summed E-state index contributed by atoms with van der Waals surface area (Å²) in [6, 6.07) is 1.65. The van der Waals surface area contributed by atoms with Crippen LogP contribution >= 0.6 is 0 Å². The van der Waals surface area contributed by atoms with Crippen LogP contribution in [-0.4, -0.2) is 44.6 Å². The molecule has 1 saturated heterocycles. The first-order valence-electron chi connectivity index (χ1n) is 7.62. The Hall–Kier alpha value is -1.69. The lowest BCUT2D eigenvalue weighted by Crippen LogP contribution is -2.36. The average molecular weight is 307 g/mol. The molecule has 1 fully saturated rings. The molecule has 0 aliphatic carbocycles. The van der Waals surface area contributed by atoms with Crippen molar-refractivity contribution in [2.75, 3.05) is 13.1 Å². The number of H-pyrrole nitrogens is 1. The minimum atomic E-state index is -0.812. The molecule has 22 heavy (non-hydrogen) atoms. The highest BCUT2D eigenvalue weighted by Crippen LogP contribution is 2.28. The zero-order valence-corrected chi connectivity index (χ0v) is 13.9. The number of hydrogen-bond acceptors (Lipinski definition) is 4. The van der Waals surface area contributed by atoms with Crippen molar-refractivity contribution < 1.29 is 9.90 Å². The van der Waals surface area contributed by atoms with Gasteiger partial charge < -0.3 is 15.0 Å². The quantitative estimate of drug-likeness (QED) is 0.862. The van der Waals surface area contributed by atoms with Gasteiger partial charge in [-0.2, -0.15) is 4.98 Å². The van der Waals surface area contributed by atoms with Gasteiger partial charge in [0.15, 0.2) is 0 Å². The zero-order valence-electron chi connectivity index (χ0n) is 13.9. The number of rotatable bonds is 2. The summed E-state index contributed by atoms with van der Waals surface area (Å²) in [5, 5.41) is 10.1. The Morgan fingerprint density at radius 1 is 1.36 bits per heavy atom. The topological polar surface area (TPSA) is 86.3 Å². The molecule has 2 heterocycles. The van der Waals surface area contributed by atoms with Crippen LogP contribution in [0.5, 0.6) is 0 Å². The Balaban J connectivity index is 2.24. The lowest BCUT2D eigenvalue weighted by atomic mass is 9.90. The number of carbonyl (C=O) groups is 1. The summed E-state index contributed by atoms with van der Waals surface area (Å²) in [5.74, 6) is -0.205. The van der Waals surface area contributed by atoms with Crippen LogP contribution in [0, 0.1) is 5.92 Å². The summed E-state index contributed by atoms with van der Waals surface area (Å²) in [4.78, 5) is 32.5. The molecule has 122 valence electrons. The fraction of sp³-hybridized carbons (Fsp3) is 0.688. The van der Waals surface area contributed by atoms with Crippen molar-refractivity contribution in [1.82, 2.24) is 14.9 Å². The Morgan fingerprint density at radius 3 is 2.50 bits per heavy atom. The van der Waals surface area contributed by atoms with Gasteiger partial charge in [0, 0.05) is 30.1 Å². The SMILES string of the molecule is CC(C)(C)c1cc(C(=O)N2CCC(C(C)(C)O)C2)nc(=O)[nH]1. The number of aromatic nitrogens is 2. The molecule has 0 aromatic carbocycles. The van der Waals surface area contributed by atoms with E-state index in [4.69, 9.17) is 0 Å². The molecule has 2 N–H and O–H groups in total. The molecule has 1 unspecified atom stereocenters. The number of likely N-dealkylation sites (tertiary alicyclic amines) is 1. The highest BCUT2D eigenvalue weighted by atomic mass is 16.3. The monoisotopic (exact) mass is 307 g/mol. The standard InChI is InChI=1S/C16H25N3O3/c1-15(2,3)12-8-11(17-14(21)18-12)13(20)19-7-6-10(9-19)16(4,5)22/h8,10,22H,6-7,9H2,1-5H3,(H,17,18,21). The summed E-state index contributed by atoms with van der Waals surface area (Å²) < 4.78 is 0. The Bertz CT molecular complexity index is 623. The third-order valence-electron chi connectivity index (χ3n) is 4.25. The molecule has 0 radical (unpaired) electrons. The van der Waals surface area contributed by atoms with Gasteiger partial charge in [-0.1, -0.05) is 20.8 Å². The molecule has 1 aliphatic rings. The number of aromatic amines is 1. The van der Waals surface area contributed by atoms with E-state index in [-0.39, 0.29) is 22.9 Å². The molecule has 2 rings (SSSR count). The second-order valence-corrected chi connectivity index (χ2v) is 7.63. The van der Waals surface area contributed by atoms with Gasteiger partial charge in [0.25, 0.3) is 5.91 Å². The Labute approximate surface area is 130 Å². The predicted molar refractivity (Wildman–Crippen MR) is 83.9 cm³/mol. The first-order valence-corrected chi connectivity index (χ1v) is 7.62. The molecule has 1 aliphatic heterocycles. The highest BCUT2D eigenvalue weighted by Gasteiger charge is 2.36. The smallest absolute Gasteiger partial charge is 0.345 e. The maximum Gasteiger partial charge on any atom is 0.345 e. The normalized spacial score (nSPS) is 19.5. The summed E-state index contributed by atoms with van der Waals surface area (Å²) >= 11 is 0. The van der Waals surface area contributed by atoms with Crippen LogP contribution in [0.4, 0.5) is 0 Å². The van der Waals surface area contributed by atoms with Crippen LogP contribution < -0.4 is 5.69 Å². The molecular formula is C16H25N3O3. The number of hydrogen-bond donors (Lipinski definition) is 2. The molecule has 6 heteroatoms. The highest BCUT2D eigenvalue weighted by molar-refractivity contribution is 5.92. The summed E-state index contributed by atoms with van der Waals surface area (Å²) in [6.45, 7) is 10.5. The minimum Gasteiger partial charge on any atom is -0.390 e. The second-order valence-electron chi connectivity index (χ2n) is 7.63. The van der Waals surface area contributed by atoms with Crippen molar-refractivity contribution in [3.8, 4) is 0 Å². The van der Waals surface area contributed by atoms with Crippen molar-refractivity contribution in [1.29, 1.82) is 0 Å². The van der Waals surface area contributed by atoms with Crippen LogP contribution in [0.2, 0.25) is 0 Å². The van der Waals surface area contributed by atoms with E-state index in [1.54, 1.807) is 24.8 Å². The van der Waals surface area contributed by atoms with E-state index in [0.717, 1.165) is 6.42 Å². The van der Waals surface area contributed by atoms with Crippen LogP contribution in [0.15, 0.2) is 10.9 Å². The van der Waals surface area contributed by atoms with Gasteiger partial charge in [0.2, 0.25) is 0 Å². The van der Waals surface area contributed by atoms with Crippen molar-refractivity contribution >= 4 is 5.91 Å². The maximum atomic E-state index is 12.6. The zero-order chi connectivity index (χ0) is 16.7. The molecule has 1 amide bonds. The molecular weight excluding hydrogens is 282 g/mol. The van der Waals surface area contributed by atoms with E-state index in [9.17, 15) is 14.7 Å². The van der Waals surface area contributed by atoms with Crippen molar-refractivity contribution in [2.45, 2.75) is 52.1 Å². The summed E-state index contributed by atoms with van der Waals surface area (Å²) in [6.07, 6.45) is 0.755. The summed E-state index contributed by atoms with van der Waals surface area (Å²) in [5.41, 5.74) is -0.724. The van der Waals surface area contributed by atoms with Gasteiger partial charge in [-0.15, -0.1) is 0 Å². The third kappa shape index (κ3) is 3.55. The van der Waals surface area contributed by atoms with Gasteiger partial charge in [-0.05, 0) is 26.3 Å². The third-order valence-corrected chi connectivity index (χ3v) is 4.25. The molecule has 0 saturated carbocycles. The van der Waals surface area contributed by atoms with Crippen molar-refractivity contribution in [2.24, 2.45) is 5.92 Å². The average Bonchev–Trinajstić information content (AvgIpc) is 2.85. The lowest BCUT2D eigenvalue weighted by Gasteiger charge is -2.25. The van der Waals surface area contributed by atoms with E-state index in [0.29, 0.717) is 18.8 Å². The Morgan fingerprint density at radius 2 is 2.00 bits per heavy atom. The number of nitrogens with one attached hydrogen (secondary N) is 1. The van der Waals surface area contributed by atoms with Crippen molar-refractivity contribution in [3.05, 3.63) is 27.9 Å². The molecule has 0 bridgehead atoms. The molecule has 0 spiro atoms. The van der Waals surface area contributed by atoms with E-state index in [2.05, 4.69) is 9.97 Å². The van der Waals surface area contributed by atoms with Gasteiger partial charge >= 0.3 is 5.69 Å². The second kappa shape index (κ2) is 5.50. The van der Waals surface area contributed by atoms with E-state index >= 15 is 0 Å². The molecule has 1 aromatic heterocycles. The number of nitrogens with zero attached hydrogens (tertiary/aromatic N) is 2. The molecule has 1 atom stereocenters. The van der Waals surface area contributed by atoms with Gasteiger partial charge in [-0.25, -0.2) is 4.79 Å². The van der Waals surface area contributed by atoms with Crippen LogP contribution in [-0.2, 0) is 5.41 Å². The number of amides is 1. The predicted octanol–water partition coefficient (Wildman–Crippen LogP) is 1.30. The van der Waals surface area contributed by atoms with Gasteiger partial charge in [0.05, 0.1) is 5.60 Å². The van der Waals surface area contributed by atoms with E-state index in [1.165, 1.54) is 0 Å². The van der Waals surface area contributed by atoms with Gasteiger partial charge in [0.1, 0.15) is 5.69 Å². The fourth-order valence-corrected chi connectivity index (χ4v) is 2.65.